The first-order valence-electron chi connectivity index (χ1n) is 3.79. The molecule has 13 heavy (non-hydrogen) atoms. The summed E-state index contributed by atoms with van der Waals surface area (Å²) in [5.41, 5.74) is 0. The Morgan fingerprint density at radius 3 is 2.54 bits per heavy atom. The highest BCUT2D eigenvalue weighted by molar-refractivity contribution is 6.02. The zero-order valence-electron chi connectivity index (χ0n) is 7.19. The van der Waals surface area contributed by atoms with E-state index in [9.17, 15) is 14.4 Å². The smallest absolute Gasteiger partial charge is 0.326 e. The molecule has 0 atom stereocenters. The van der Waals surface area contributed by atoms with Gasteiger partial charge in [0.2, 0.25) is 5.91 Å². The molecule has 0 aliphatic carbocycles. The highest BCUT2D eigenvalue weighted by Crippen LogP contribution is 2.07. The van der Waals surface area contributed by atoms with Crippen LogP contribution in [0.25, 0.3) is 0 Å². The maximum atomic E-state index is 11.2. The Morgan fingerprint density at radius 2 is 2.15 bits per heavy atom. The molecule has 0 bridgehead atoms. The van der Waals surface area contributed by atoms with E-state index >= 15 is 0 Å². The van der Waals surface area contributed by atoms with Crippen LogP contribution in [-0.4, -0.2) is 53.0 Å². The van der Waals surface area contributed by atoms with Gasteiger partial charge in [0.1, 0.15) is 6.54 Å². The maximum Gasteiger partial charge on any atom is 0.326 e. The van der Waals surface area contributed by atoms with E-state index in [1.165, 1.54) is 11.9 Å². The molecule has 72 valence electrons. The fourth-order valence-corrected chi connectivity index (χ4v) is 1.10. The third kappa shape index (κ3) is 1.95. The summed E-state index contributed by atoms with van der Waals surface area (Å²) in [5.74, 6) is -1.36. The van der Waals surface area contributed by atoms with Gasteiger partial charge in [0, 0.05) is 13.6 Å². The number of aliphatic carboxylic acids is 1. The van der Waals surface area contributed by atoms with Gasteiger partial charge >= 0.3 is 12.0 Å². The van der Waals surface area contributed by atoms with E-state index in [1.807, 2.05) is 0 Å². The van der Waals surface area contributed by atoms with Crippen molar-refractivity contribution in [3.63, 3.8) is 0 Å². The molecule has 3 amide bonds. The normalized spacial score (nSPS) is 17.0. The van der Waals surface area contributed by atoms with Crippen LogP contribution in [0.1, 0.15) is 6.42 Å². The fourth-order valence-electron chi connectivity index (χ4n) is 1.10. The Balaban J connectivity index is 2.54. The van der Waals surface area contributed by atoms with Gasteiger partial charge in [-0.25, -0.2) is 4.79 Å². The van der Waals surface area contributed by atoms with Crippen LogP contribution in [0.4, 0.5) is 4.79 Å². The van der Waals surface area contributed by atoms with Gasteiger partial charge in [0.15, 0.2) is 0 Å². The predicted molar refractivity (Wildman–Crippen MR) is 42.0 cm³/mol. The first kappa shape index (κ1) is 9.50. The zero-order chi connectivity index (χ0) is 10.0. The van der Waals surface area contributed by atoms with Crippen molar-refractivity contribution in [3.8, 4) is 0 Å². The molecule has 1 aliphatic rings. The monoisotopic (exact) mass is 186 g/mol. The van der Waals surface area contributed by atoms with Gasteiger partial charge in [-0.1, -0.05) is 0 Å². The molecule has 1 heterocycles. The van der Waals surface area contributed by atoms with E-state index in [1.54, 1.807) is 0 Å². The standard InChI is InChI=1S/C7H10N2O4/c1-8-4-5(10)9(7(8)13)3-2-6(11)12/h2-4H2,1H3,(H,11,12). The van der Waals surface area contributed by atoms with Crippen LogP contribution >= 0.6 is 0 Å². The number of rotatable bonds is 3. The second-order valence-electron chi connectivity index (χ2n) is 2.83. The SMILES string of the molecule is CN1CC(=O)N(CCC(=O)O)C1=O. The Bertz CT molecular complexity index is 263. The first-order chi connectivity index (χ1) is 6.02. The molecule has 0 spiro atoms. The van der Waals surface area contributed by atoms with E-state index in [-0.39, 0.29) is 25.4 Å². The van der Waals surface area contributed by atoms with E-state index < -0.39 is 12.0 Å². The van der Waals surface area contributed by atoms with Crippen molar-refractivity contribution in [1.29, 1.82) is 0 Å². The molecular formula is C7H10N2O4. The highest BCUT2D eigenvalue weighted by Gasteiger charge is 2.33. The van der Waals surface area contributed by atoms with Crippen molar-refractivity contribution in [3.05, 3.63) is 0 Å². The highest BCUT2D eigenvalue weighted by atomic mass is 16.4. The number of carbonyl (C=O) groups is 3. The number of amides is 3. The first-order valence-corrected chi connectivity index (χ1v) is 3.79. The summed E-state index contributed by atoms with van der Waals surface area (Å²) in [6.45, 7) is -0.00417. The Hall–Kier alpha value is -1.59. The lowest BCUT2D eigenvalue weighted by atomic mass is 10.4. The van der Waals surface area contributed by atoms with E-state index in [0.717, 1.165) is 4.90 Å². The van der Waals surface area contributed by atoms with Gasteiger partial charge in [-0.2, -0.15) is 0 Å². The predicted octanol–water partition coefficient (Wildman–Crippen LogP) is -0.645. The molecule has 1 fully saturated rings. The van der Waals surface area contributed by atoms with Gasteiger partial charge in [-0.3, -0.25) is 14.5 Å². The van der Waals surface area contributed by atoms with Crippen LogP contribution in [0.5, 0.6) is 0 Å². The number of nitrogens with zero attached hydrogens (tertiary/aromatic N) is 2. The Kier molecular flexibility index (Phi) is 2.50. The lowest BCUT2D eigenvalue weighted by Crippen LogP contribution is -2.33. The van der Waals surface area contributed by atoms with Crippen molar-refractivity contribution in [2.45, 2.75) is 6.42 Å². The van der Waals surface area contributed by atoms with Crippen LogP contribution in [0.3, 0.4) is 0 Å². The maximum absolute atomic E-state index is 11.2. The summed E-state index contributed by atoms with van der Waals surface area (Å²) in [6.07, 6.45) is -0.203. The number of carboxylic acids is 1. The second-order valence-corrected chi connectivity index (χ2v) is 2.83. The van der Waals surface area contributed by atoms with Crippen molar-refractivity contribution >= 4 is 17.9 Å². The summed E-state index contributed by atoms with van der Waals surface area (Å²) in [5, 5.41) is 8.35. The minimum Gasteiger partial charge on any atom is -0.481 e. The van der Waals surface area contributed by atoms with Gasteiger partial charge in [-0.05, 0) is 0 Å². The number of likely N-dealkylation sites (N-methyl/N-ethyl adjacent to an activating group) is 1. The van der Waals surface area contributed by atoms with Gasteiger partial charge in [-0.15, -0.1) is 0 Å². The quantitative estimate of drug-likeness (QED) is 0.594. The number of carboxylic acid groups (broad SMARTS) is 1. The topological polar surface area (TPSA) is 77.9 Å². The number of hydrogen-bond donors (Lipinski definition) is 1. The Morgan fingerprint density at radius 1 is 1.54 bits per heavy atom. The lowest BCUT2D eigenvalue weighted by molar-refractivity contribution is -0.137. The van der Waals surface area contributed by atoms with Crippen LogP contribution in [0.15, 0.2) is 0 Å². The van der Waals surface area contributed by atoms with Gasteiger partial charge < -0.3 is 10.0 Å². The molecule has 0 aromatic rings. The molecule has 0 radical (unpaired) electrons. The minimum atomic E-state index is -1.02. The van der Waals surface area contributed by atoms with Crippen molar-refractivity contribution in [2.24, 2.45) is 0 Å². The minimum absolute atomic E-state index is 0.0401. The van der Waals surface area contributed by atoms with Gasteiger partial charge in [0.25, 0.3) is 0 Å². The molecule has 1 saturated heterocycles. The number of hydrogen-bond acceptors (Lipinski definition) is 3. The largest absolute Gasteiger partial charge is 0.481 e. The fraction of sp³-hybridized carbons (Fsp3) is 0.571. The summed E-state index contributed by atoms with van der Waals surface area (Å²) in [7, 11) is 1.50. The van der Waals surface area contributed by atoms with Crippen molar-refractivity contribution in [1.82, 2.24) is 9.80 Å². The third-order valence-corrected chi connectivity index (χ3v) is 1.78. The summed E-state index contributed by atoms with van der Waals surface area (Å²) < 4.78 is 0. The average Bonchev–Trinajstić information content (AvgIpc) is 2.24. The van der Waals surface area contributed by atoms with Crippen LogP contribution in [-0.2, 0) is 9.59 Å². The number of urea groups is 1. The molecule has 1 N–H and O–H groups in total. The second kappa shape index (κ2) is 3.42. The molecule has 0 unspecified atom stereocenters. The van der Waals surface area contributed by atoms with Crippen molar-refractivity contribution in [2.75, 3.05) is 20.1 Å². The summed E-state index contributed by atoms with van der Waals surface area (Å²) >= 11 is 0. The van der Waals surface area contributed by atoms with E-state index in [0.29, 0.717) is 0 Å². The van der Waals surface area contributed by atoms with E-state index in [4.69, 9.17) is 5.11 Å². The van der Waals surface area contributed by atoms with E-state index in [2.05, 4.69) is 0 Å². The molecule has 6 nitrogen and oxygen atoms in total. The Labute approximate surface area is 74.7 Å². The number of imide groups is 1. The third-order valence-electron chi connectivity index (χ3n) is 1.78. The van der Waals surface area contributed by atoms with Gasteiger partial charge in [0.05, 0.1) is 6.42 Å². The molecule has 0 aromatic heterocycles. The molecule has 1 aliphatic heterocycles. The summed E-state index contributed by atoms with van der Waals surface area (Å²) in [6, 6.07) is -0.425. The molecular weight excluding hydrogens is 176 g/mol. The van der Waals surface area contributed by atoms with Crippen molar-refractivity contribution < 1.29 is 19.5 Å². The average molecular weight is 186 g/mol. The summed E-state index contributed by atoms with van der Waals surface area (Å²) in [4.78, 5) is 34.6. The number of carbonyl (C=O) groups excluding carboxylic acids is 2. The zero-order valence-corrected chi connectivity index (χ0v) is 7.19. The molecule has 1 rings (SSSR count). The molecule has 0 aromatic carbocycles. The van der Waals surface area contributed by atoms with Crippen LogP contribution < -0.4 is 0 Å². The van der Waals surface area contributed by atoms with Crippen LogP contribution in [0, 0.1) is 0 Å². The van der Waals surface area contributed by atoms with Crippen LogP contribution in [0.2, 0.25) is 0 Å². The molecule has 6 heteroatoms. The molecule has 0 saturated carbocycles. The lowest BCUT2D eigenvalue weighted by Gasteiger charge is -2.11.